The number of aromatic amines is 1. The number of rotatable bonds is 5. The number of fused-ring (bicyclic) bond motifs is 1. The molecule has 0 unspecified atom stereocenters. The van der Waals surface area contributed by atoms with Crippen molar-refractivity contribution in [1.29, 1.82) is 0 Å². The summed E-state index contributed by atoms with van der Waals surface area (Å²) in [7, 11) is 0. The van der Waals surface area contributed by atoms with Crippen molar-refractivity contribution < 1.29 is 18.7 Å². The minimum atomic E-state index is -0.510. The molecule has 30 heavy (non-hydrogen) atoms. The van der Waals surface area contributed by atoms with Gasteiger partial charge in [0.05, 0.1) is 12.2 Å². The first-order chi connectivity index (χ1) is 14.5. The van der Waals surface area contributed by atoms with Crippen molar-refractivity contribution in [3.8, 4) is 5.75 Å². The Bertz CT molecular complexity index is 1070. The number of carbonyl (C=O) groups excluding carboxylic acids is 2. The number of H-pyrrole nitrogens is 1. The van der Waals surface area contributed by atoms with Gasteiger partial charge in [0, 0.05) is 36.1 Å². The lowest BCUT2D eigenvalue weighted by atomic mass is 10.0. The molecule has 0 spiro atoms. The monoisotopic (exact) mass is 409 g/mol. The van der Waals surface area contributed by atoms with Crippen molar-refractivity contribution in [1.82, 2.24) is 15.2 Å². The van der Waals surface area contributed by atoms with Gasteiger partial charge in [0.2, 0.25) is 0 Å². The van der Waals surface area contributed by atoms with E-state index in [9.17, 15) is 14.0 Å². The Morgan fingerprint density at radius 3 is 2.67 bits per heavy atom. The standard InChI is InChI=1S/C23H24FN3O3/c1-2-30-17-8-7-15-13-21(26-20(15)14-17)22(28)25-16-9-11-27(12-10-16)23(29)18-5-3-4-6-19(18)24/h3-8,13-14,16,26H,2,9-12H2,1H3,(H,25,28). The highest BCUT2D eigenvalue weighted by molar-refractivity contribution is 5.98. The highest BCUT2D eigenvalue weighted by Crippen LogP contribution is 2.22. The summed E-state index contributed by atoms with van der Waals surface area (Å²) in [6.07, 6.45) is 1.25. The predicted octanol–water partition coefficient (Wildman–Crippen LogP) is 3.74. The first kappa shape index (κ1) is 19.9. The second-order valence-corrected chi connectivity index (χ2v) is 7.38. The third kappa shape index (κ3) is 4.15. The Hall–Kier alpha value is -3.35. The number of hydrogen-bond donors (Lipinski definition) is 2. The van der Waals surface area contributed by atoms with Crippen LogP contribution in [0.1, 0.15) is 40.6 Å². The number of benzene rings is 2. The molecule has 0 radical (unpaired) electrons. The van der Waals surface area contributed by atoms with Crippen LogP contribution in [0.3, 0.4) is 0 Å². The van der Waals surface area contributed by atoms with Gasteiger partial charge < -0.3 is 19.9 Å². The Kier molecular flexibility index (Phi) is 5.70. The summed E-state index contributed by atoms with van der Waals surface area (Å²) in [6, 6.07) is 13.5. The summed E-state index contributed by atoms with van der Waals surface area (Å²) in [4.78, 5) is 30.0. The number of aromatic nitrogens is 1. The van der Waals surface area contributed by atoms with E-state index in [1.54, 1.807) is 17.0 Å². The van der Waals surface area contributed by atoms with Crippen LogP contribution in [0.25, 0.3) is 10.9 Å². The van der Waals surface area contributed by atoms with Gasteiger partial charge in [-0.2, -0.15) is 0 Å². The molecule has 2 aromatic carbocycles. The second kappa shape index (κ2) is 8.57. The summed E-state index contributed by atoms with van der Waals surface area (Å²) < 4.78 is 19.4. The van der Waals surface area contributed by atoms with E-state index in [0.717, 1.165) is 16.7 Å². The molecule has 6 nitrogen and oxygen atoms in total. The van der Waals surface area contributed by atoms with Gasteiger partial charge in [-0.05, 0) is 50.1 Å². The molecular formula is C23H24FN3O3. The molecule has 2 amide bonds. The van der Waals surface area contributed by atoms with Gasteiger partial charge in [-0.15, -0.1) is 0 Å². The summed E-state index contributed by atoms with van der Waals surface area (Å²) >= 11 is 0. The molecule has 0 bridgehead atoms. The van der Waals surface area contributed by atoms with Crippen molar-refractivity contribution in [2.45, 2.75) is 25.8 Å². The highest BCUT2D eigenvalue weighted by atomic mass is 19.1. The molecule has 2 N–H and O–H groups in total. The van der Waals surface area contributed by atoms with Gasteiger partial charge >= 0.3 is 0 Å². The van der Waals surface area contributed by atoms with Gasteiger partial charge in [-0.3, -0.25) is 9.59 Å². The molecule has 1 aromatic heterocycles. The second-order valence-electron chi connectivity index (χ2n) is 7.38. The molecule has 0 saturated carbocycles. The minimum Gasteiger partial charge on any atom is -0.494 e. The van der Waals surface area contributed by atoms with Crippen molar-refractivity contribution in [3.63, 3.8) is 0 Å². The number of nitrogens with one attached hydrogen (secondary N) is 2. The van der Waals surface area contributed by atoms with Crippen LogP contribution in [0.15, 0.2) is 48.5 Å². The van der Waals surface area contributed by atoms with Crippen molar-refractivity contribution in [2.75, 3.05) is 19.7 Å². The number of hydrogen-bond acceptors (Lipinski definition) is 3. The zero-order valence-electron chi connectivity index (χ0n) is 16.8. The molecule has 3 aromatic rings. The highest BCUT2D eigenvalue weighted by Gasteiger charge is 2.26. The fourth-order valence-corrected chi connectivity index (χ4v) is 3.78. The van der Waals surface area contributed by atoms with Crippen molar-refractivity contribution in [3.05, 3.63) is 65.6 Å². The first-order valence-corrected chi connectivity index (χ1v) is 10.2. The van der Waals surface area contributed by atoms with Gasteiger partial charge in [-0.1, -0.05) is 12.1 Å². The molecule has 4 rings (SSSR count). The summed E-state index contributed by atoms with van der Waals surface area (Å²) in [6.45, 7) is 3.45. The minimum absolute atomic E-state index is 0.0347. The van der Waals surface area contributed by atoms with Crippen LogP contribution in [0.5, 0.6) is 5.75 Å². The maximum atomic E-state index is 13.9. The number of halogens is 1. The third-order valence-corrected chi connectivity index (χ3v) is 5.37. The van der Waals surface area contributed by atoms with Crippen LogP contribution < -0.4 is 10.1 Å². The van der Waals surface area contributed by atoms with E-state index < -0.39 is 5.82 Å². The zero-order valence-corrected chi connectivity index (χ0v) is 16.8. The first-order valence-electron chi connectivity index (χ1n) is 10.2. The fourth-order valence-electron chi connectivity index (χ4n) is 3.78. The van der Waals surface area contributed by atoms with Crippen LogP contribution in [-0.2, 0) is 0 Å². The molecule has 0 aliphatic carbocycles. The number of likely N-dealkylation sites (tertiary alicyclic amines) is 1. The van der Waals surface area contributed by atoms with E-state index in [0.29, 0.717) is 38.2 Å². The number of amides is 2. The lowest BCUT2D eigenvalue weighted by Crippen LogP contribution is -2.46. The largest absolute Gasteiger partial charge is 0.494 e. The van der Waals surface area contributed by atoms with Crippen molar-refractivity contribution >= 4 is 22.7 Å². The molecule has 1 saturated heterocycles. The average molecular weight is 409 g/mol. The predicted molar refractivity (Wildman–Crippen MR) is 112 cm³/mol. The zero-order chi connectivity index (χ0) is 21.1. The summed E-state index contributed by atoms with van der Waals surface area (Å²) in [5.74, 6) is -0.239. The smallest absolute Gasteiger partial charge is 0.267 e. The molecule has 0 atom stereocenters. The maximum Gasteiger partial charge on any atom is 0.267 e. The Morgan fingerprint density at radius 2 is 1.93 bits per heavy atom. The summed E-state index contributed by atoms with van der Waals surface area (Å²) in [5.41, 5.74) is 1.42. The topological polar surface area (TPSA) is 74.4 Å². The third-order valence-electron chi connectivity index (χ3n) is 5.37. The van der Waals surface area contributed by atoms with Gasteiger partial charge in [0.15, 0.2) is 0 Å². The average Bonchev–Trinajstić information content (AvgIpc) is 3.18. The van der Waals surface area contributed by atoms with E-state index in [1.165, 1.54) is 12.1 Å². The Labute approximate surface area is 174 Å². The van der Waals surface area contributed by atoms with Crippen molar-refractivity contribution in [2.24, 2.45) is 0 Å². The van der Waals surface area contributed by atoms with Crippen LogP contribution >= 0.6 is 0 Å². The Morgan fingerprint density at radius 1 is 1.17 bits per heavy atom. The van der Waals surface area contributed by atoms with E-state index in [-0.39, 0.29) is 23.4 Å². The molecule has 7 heteroatoms. The quantitative estimate of drug-likeness (QED) is 0.674. The lowest BCUT2D eigenvalue weighted by Gasteiger charge is -2.32. The lowest BCUT2D eigenvalue weighted by molar-refractivity contribution is 0.0693. The molecule has 1 fully saturated rings. The number of piperidine rings is 1. The molecule has 1 aliphatic heterocycles. The van der Waals surface area contributed by atoms with Crippen LogP contribution in [0, 0.1) is 5.82 Å². The normalized spacial score (nSPS) is 14.7. The number of carbonyl (C=O) groups is 2. The van der Waals surface area contributed by atoms with Gasteiger partial charge in [0.1, 0.15) is 17.3 Å². The molecule has 2 heterocycles. The molecule has 1 aliphatic rings. The summed E-state index contributed by atoms with van der Waals surface area (Å²) in [5, 5.41) is 3.97. The van der Waals surface area contributed by atoms with E-state index in [4.69, 9.17) is 4.74 Å². The Balaban J connectivity index is 1.36. The molecule has 156 valence electrons. The van der Waals surface area contributed by atoms with E-state index >= 15 is 0 Å². The van der Waals surface area contributed by atoms with Crippen LogP contribution in [-0.4, -0.2) is 47.4 Å². The fraction of sp³-hybridized carbons (Fsp3) is 0.304. The van der Waals surface area contributed by atoms with Crippen LogP contribution in [0.4, 0.5) is 4.39 Å². The maximum absolute atomic E-state index is 13.9. The number of ether oxygens (including phenoxy) is 1. The van der Waals surface area contributed by atoms with E-state index in [1.807, 2.05) is 31.2 Å². The van der Waals surface area contributed by atoms with Gasteiger partial charge in [-0.25, -0.2) is 4.39 Å². The SMILES string of the molecule is CCOc1ccc2cc(C(=O)NC3CCN(C(=O)c4ccccc4F)CC3)[nH]c2c1. The number of nitrogens with zero attached hydrogens (tertiary/aromatic N) is 1. The van der Waals surface area contributed by atoms with E-state index in [2.05, 4.69) is 10.3 Å². The van der Waals surface area contributed by atoms with Gasteiger partial charge in [0.25, 0.3) is 11.8 Å². The van der Waals surface area contributed by atoms with Crippen LogP contribution in [0.2, 0.25) is 0 Å². The molecular weight excluding hydrogens is 385 g/mol.